The van der Waals surface area contributed by atoms with Crippen molar-refractivity contribution >= 4 is 11.6 Å². The summed E-state index contributed by atoms with van der Waals surface area (Å²) in [6.07, 6.45) is 6.93. The van der Waals surface area contributed by atoms with Crippen molar-refractivity contribution in [1.82, 2.24) is 10.1 Å². The molecule has 2 rings (SSSR count). The number of nitrogens with one attached hydrogen (secondary N) is 1. The van der Waals surface area contributed by atoms with E-state index in [1.807, 2.05) is 42.4 Å². The third-order valence-electron chi connectivity index (χ3n) is 3.58. The van der Waals surface area contributed by atoms with Gasteiger partial charge >= 0.3 is 5.63 Å². The molecule has 1 N–H and O–H groups in total. The predicted octanol–water partition coefficient (Wildman–Crippen LogP) is 2.89. The van der Waals surface area contributed by atoms with Crippen molar-refractivity contribution in [2.75, 3.05) is 11.9 Å². The third-order valence-corrected chi connectivity index (χ3v) is 3.58. The van der Waals surface area contributed by atoms with Crippen LogP contribution in [-0.2, 0) is 11.5 Å². The Hall–Kier alpha value is -3.28. The number of allylic oxidation sites excluding steroid dienone is 3. The summed E-state index contributed by atoms with van der Waals surface area (Å²) in [6.45, 7) is 8.97. The van der Waals surface area contributed by atoms with Crippen LogP contribution in [0.1, 0.15) is 6.92 Å². The summed E-state index contributed by atoms with van der Waals surface area (Å²) < 4.78 is 6.38. The maximum Gasteiger partial charge on any atom is 0.365 e. The van der Waals surface area contributed by atoms with E-state index < -0.39 is 5.63 Å². The van der Waals surface area contributed by atoms with Crippen molar-refractivity contribution < 1.29 is 9.32 Å². The van der Waals surface area contributed by atoms with Gasteiger partial charge in [0.05, 0.1) is 11.8 Å². The van der Waals surface area contributed by atoms with Crippen molar-refractivity contribution in [1.29, 1.82) is 0 Å². The molecule has 1 aromatic carbocycles. The molecule has 0 atom stereocenters. The van der Waals surface area contributed by atoms with E-state index >= 15 is 0 Å². The molecule has 0 fully saturated rings. The molecule has 25 heavy (non-hydrogen) atoms. The Morgan fingerprint density at radius 1 is 1.28 bits per heavy atom. The molecule has 0 radical (unpaired) electrons. The smallest absolute Gasteiger partial charge is 0.350 e. The van der Waals surface area contributed by atoms with Crippen LogP contribution in [0.3, 0.4) is 0 Å². The minimum absolute atomic E-state index is 0.113. The molecule has 1 amide bonds. The van der Waals surface area contributed by atoms with Crippen molar-refractivity contribution in [3.05, 3.63) is 78.0 Å². The Bertz CT molecular complexity index is 847. The van der Waals surface area contributed by atoms with Gasteiger partial charge in [-0.1, -0.05) is 37.4 Å². The highest BCUT2D eigenvalue weighted by Crippen LogP contribution is 2.21. The fraction of sp³-hybridized carbons (Fsp3) is 0.158. The molecule has 0 saturated carbocycles. The van der Waals surface area contributed by atoms with Crippen LogP contribution in [0.5, 0.6) is 0 Å². The lowest BCUT2D eigenvalue weighted by molar-refractivity contribution is -0.119. The zero-order valence-corrected chi connectivity index (χ0v) is 14.4. The zero-order valence-electron chi connectivity index (χ0n) is 14.4. The minimum Gasteiger partial charge on any atom is -0.350 e. The van der Waals surface area contributed by atoms with Gasteiger partial charge in [0.1, 0.15) is 6.67 Å². The van der Waals surface area contributed by atoms with Crippen LogP contribution in [0, 0.1) is 0 Å². The minimum atomic E-state index is -0.452. The maximum absolute atomic E-state index is 12.0. The Labute approximate surface area is 146 Å². The SMILES string of the molecule is C=CC(C=C)=CN(C)c1ccc(-c2cn(CNC(C)=O)oc2=O)cc1. The summed E-state index contributed by atoms with van der Waals surface area (Å²) in [4.78, 5) is 24.9. The van der Waals surface area contributed by atoms with E-state index in [9.17, 15) is 9.59 Å². The van der Waals surface area contributed by atoms with Gasteiger partial charge in [-0.3, -0.25) is 4.79 Å². The van der Waals surface area contributed by atoms with Crippen molar-refractivity contribution in [3.63, 3.8) is 0 Å². The number of anilines is 1. The molecule has 0 unspecified atom stereocenters. The Morgan fingerprint density at radius 3 is 2.48 bits per heavy atom. The second-order valence-electron chi connectivity index (χ2n) is 5.42. The fourth-order valence-electron chi connectivity index (χ4n) is 2.20. The van der Waals surface area contributed by atoms with Gasteiger partial charge in [0, 0.05) is 25.9 Å². The summed E-state index contributed by atoms with van der Waals surface area (Å²) in [5, 5.41) is 2.57. The van der Waals surface area contributed by atoms with Gasteiger partial charge in [0.2, 0.25) is 5.91 Å². The molecular formula is C19H21N3O3. The maximum atomic E-state index is 12.0. The zero-order chi connectivity index (χ0) is 18.4. The molecule has 0 aliphatic carbocycles. The summed E-state index contributed by atoms with van der Waals surface area (Å²) in [5.74, 6) is -0.197. The number of carbonyl (C=O) groups excluding carboxylic acids is 1. The van der Waals surface area contributed by atoms with E-state index in [1.165, 1.54) is 11.7 Å². The van der Waals surface area contributed by atoms with Crippen LogP contribution in [0.4, 0.5) is 5.69 Å². The van der Waals surface area contributed by atoms with Crippen LogP contribution >= 0.6 is 0 Å². The first-order valence-electron chi connectivity index (χ1n) is 7.69. The Balaban J connectivity index is 2.21. The second kappa shape index (κ2) is 8.01. The highest BCUT2D eigenvalue weighted by Gasteiger charge is 2.10. The number of rotatable bonds is 7. The number of aromatic nitrogens is 1. The third kappa shape index (κ3) is 4.60. The van der Waals surface area contributed by atoms with E-state index in [2.05, 4.69) is 18.5 Å². The van der Waals surface area contributed by atoms with Crippen molar-refractivity contribution in [3.8, 4) is 11.1 Å². The lowest BCUT2D eigenvalue weighted by Gasteiger charge is -2.15. The number of hydrogen-bond acceptors (Lipinski definition) is 4. The van der Waals surface area contributed by atoms with Crippen molar-refractivity contribution in [2.24, 2.45) is 0 Å². The molecule has 130 valence electrons. The quantitative estimate of drug-likeness (QED) is 0.788. The lowest BCUT2D eigenvalue weighted by Crippen LogP contribution is -2.22. The van der Waals surface area contributed by atoms with Crippen LogP contribution in [0.2, 0.25) is 0 Å². The number of benzene rings is 1. The van der Waals surface area contributed by atoms with Crippen LogP contribution in [0.15, 0.2) is 76.9 Å². The van der Waals surface area contributed by atoms with E-state index in [-0.39, 0.29) is 12.6 Å². The van der Waals surface area contributed by atoms with E-state index in [0.29, 0.717) is 5.56 Å². The summed E-state index contributed by atoms with van der Waals surface area (Å²) in [7, 11) is 1.92. The van der Waals surface area contributed by atoms with Crippen LogP contribution in [-0.4, -0.2) is 17.7 Å². The number of carbonyl (C=O) groups is 1. The fourth-order valence-corrected chi connectivity index (χ4v) is 2.20. The van der Waals surface area contributed by atoms with Gasteiger partial charge in [-0.05, 0) is 23.3 Å². The van der Waals surface area contributed by atoms with E-state index in [0.717, 1.165) is 16.8 Å². The highest BCUT2D eigenvalue weighted by atomic mass is 16.5. The summed E-state index contributed by atoms with van der Waals surface area (Å²) in [5.41, 5.74) is 2.58. The van der Waals surface area contributed by atoms with Gasteiger partial charge < -0.3 is 14.7 Å². The van der Waals surface area contributed by atoms with Crippen LogP contribution < -0.4 is 15.8 Å². The standard InChI is InChI=1S/C19H21N3O3/c1-5-15(6-2)11-21(4)17-9-7-16(8-10-17)18-12-22(25-19(18)24)13-20-14(3)23/h5-12H,1-2,13H2,3-4H3,(H,20,23). The van der Waals surface area contributed by atoms with Crippen LogP contribution in [0.25, 0.3) is 11.1 Å². The van der Waals surface area contributed by atoms with E-state index in [1.54, 1.807) is 18.3 Å². The molecule has 0 saturated heterocycles. The average Bonchev–Trinajstić information content (AvgIpc) is 2.98. The molecule has 0 aliphatic rings. The summed E-state index contributed by atoms with van der Waals surface area (Å²) in [6, 6.07) is 7.49. The number of hydrogen-bond donors (Lipinski definition) is 1. The van der Waals surface area contributed by atoms with Gasteiger partial charge in [-0.25, -0.2) is 4.79 Å². The molecule has 6 heteroatoms. The molecule has 2 aromatic rings. The predicted molar refractivity (Wildman–Crippen MR) is 99.1 cm³/mol. The topological polar surface area (TPSA) is 67.5 Å². The Morgan fingerprint density at radius 2 is 1.92 bits per heavy atom. The summed E-state index contributed by atoms with van der Waals surface area (Å²) >= 11 is 0. The average molecular weight is 339 g/mol. The number of amides is 1. The van der Waals surface area contributed by atoms with Gasteiger partial charge in [-0.15, -0.1) is 0 Å². The second-order valence-corrected chi connectivity index (χ2v) is 5.42. The largest absolute Gasteiger partial charge is 0.365 e. The molecule has 6 nitrogen and oxygen atoms in total. The monoisotopic (exact) mass is 339 g/mol. The van der Waals surface area contributed by atoms with Gasteiger partial charge in [0.25, 0.3) is 0 Å². The molecule has 0 aliphatic heterocycles. The van der Waals surface area contributed by atoms with Crippen molar-refractivity contribution in [2.45, 2.75) is 13.6 Å². The first-order valence-corrected chi connectivity index (χ1v) is 7.69. The number of nitrogens with zero attached hydrogens (tertiary/aromatic N) is 2. The van der Waals surface area contributed by atoms with Gasteiger partial charge in [-0.2, -0.15) is 4.74 Å². The normalized spacial score (nSPS) is 10.0. The van der Waals surface area contributed by atoms with Gasteiger partial charge in [0.15, 0.2) is 0 Å². The lowest BCUT2D eigenvalue weighted by atomic mass is 10.1. The molecule has 0 bridgehead atoms. The first-order chi connectivity index (χ1) is 11.9. The van der Waals surface area contributed by atoms with E-state index in [4.69, 9.17) is 4.52 Å². The molecule has 0 spiro atoms. The highest BCUT2D eigenvalue weighted by molar-refractivity contribution is 5.72. The molecular weight excluding hydrogens is 318 g/mol. The Kier molecular flexibility index (Phi) is 5.79. The first kappa shape index (κ1) is 18.1. The molecule has 1 aromatic heterocycles. The molecule has 1 heterocycles.